The number of phenolic OH excluding ortho intramolecular Hbond substituents is 4. The summed E-state index contributed by atoms with van der Waals surface area (Å²) in [5.41, 5.74) is -1.84. The molecule has 7 N–H and O–H groups in total. The smallest absolute Gasteiger partial charge is 0.335 e. The molecular formula is C25H24O12. The summed E-state index contributed by atoms with van der Waals surface area (Å²) >= 11 is 0. The molecule has 0 bridgehead atoms. The van der Waals surface area contributed by atoms with Gasteiger partial charge < -0.3 is 45.2 Å². The molecule has 3 rings (SSSR count). The van der Waals surface area contributed by atoms with Gasteiger partial charge in [0, 0.05) is 25.0 Å². The number of carbonyl (C=O) groups excluding carboxylic acids is 2. The molecule has 12 heteroatoms. The van der Waals surface area contributed by atoms with E-state index in [2.05, 4.69) is 0 Å². The van der Waals surface area contributed by atoms with Crippen LogP contribution in [0, 0.1) is 0 Å². The molecule has 2 aromatic carbocycles. The number of carboxylic acid groups (broad SMARTS) is 1. The average Bonchev–Trinajstić information content (AvgIpc) is 2.83. The van der Waals surface area contributed by atoms with Gasteiger partial charge in [-0.05, 0) is 47.5 Å². The second kappa shape index (κ2) is 11.0. The fourth-order valence-electron chi connectivity index (χ4n) is 3.62. The Bertz CT molecular complexity index is 1160. The van der Waals surface area contributed by atoms with Crippen LogP contribution in [0.1, 0.15) is 24.0 Å². The molecule has 0 unspecified atom stereocenters. The lowest BCUT2D eigenvalue weighted by Crippen LogP contribution is -2.58. The lowest BCUT2D eigenvalue weighted by Gasteiger charge is -2.40. The van der Waals surface area contributed by atoms with Crippen LogP contribution in [0.2, 0.25) is 0 Å². The minimum atomic E-state index is -2.48. The number of ether oxygens (including phenoxy) is 2. The van der Waals surface area contributed by atoms with Crippen molar-refractivity contribution in [3.8, 4) is 23.0 Å². The summed E-state index contributed by atoms with van der Waals surface area (Å²) in [5.74, 6) is -5.31. The Labute approximate surface area is 209 Å². The fourth-order valence-corrected chi connectivity index (χ4v) is 3.62. The van der Waals surface area contributed by atoms with Gasteiger partial charge in [0.2, 0.25) is 0 Å². The summed E-state index contributed by atoms with van der Waals surface area (Å²) in [6, 6.07) is 7.49. The molecule has 12 nitrogen and oxygen atoms in total. The molecule has 1 aliphatic carbocycles. The Morgan fingerprint density at radius 1 is 0.757 bits per heavy atom. The number of aliphatic carboxylic acids is 1. The van der Waals surface area contributed by atoms with E-state index in [1.807, 2.05) is 0 Å². The van der Waals surface area contributed by atoms with E-state index in [1.54, 1.807) is 0 Å². The van der Waals surface area contributed by atoms with E-state index in [4.69, 9.17) is 9.47 Å². The zero-order chi connectivity index (χ0) is 27.3. The average molecular weight is 516 g/mol. The number of esters is 2. The van der Waals surface area contributed by atoms with Gasteiger partial charge in [-0.1, -0.05) is 12.1 Å². The number of rotatable bonds is 7. The number of benzene rings is 2. The number of carbonyl (C=O) groups is 3. The first kappa shape index (κ1) is 27.0. The third-order valence-corrected chi connectivity index (χ3v) is 5.60. The lowest BCUT2D eigenvalue weighted by atomic mass is 9.79. The van der Waals surface area contributed by atoms with E-state index in [1.165, 1.54) is 48.6 Å². The first-order chi connectivity index (χ1) is 17.4. The minimum Gasteiger partial charge on any atom is -0.504 e. The highest BCUT2D eigenvalue weighted by atomic mass is 16.6. The highest BCUT2D eigenvalue weighted by molar-refractivity contribution is 5.88. The summed E-state index contributed by atoms with van der Waals surface area (Å²) in [6.45, 7) is 0. The van der Waals surface area contributed by atoms with Gasteiger partial charge in [0.05, 0.1) is 0 Å². The zero-order valence-electron chi connectivity index (χ0n) is 19.1. The topological polar surface area (TPSA) is 211 Å². The van der Waals surface area contributed by atoms with Crippen LogP contribution >= 0.6 is 0 Å². The summed E-state index contributed by atoms with van der Waals surface area (Å²) < 4.78 is 10.2. The van der Waals surface area contributed by atoms with Gasteiger partial charge in [-0.2, -0.15) is 0 Å². The monoisotopic (exact) mass is 516 g/mol. The van der Waals surface area contributed by atoms with Crippen molar-refractivity contribution in [2.24, 2.45) is 0 Å². The highest BCUT2D eigenvalue weighted by Gasteiger charge is 2.52. The van der Waals surface area contributed by atoms with E-state index >= 15 is 0 Å². The van der Waals surface area contributed by atoms with Crippen molar-refractivity contribution in [3.05, 3.63) is 59.7 Å². The molecule has 37 heavy (non-hydrogen) atoms. The molecule has 0 aromatic heterocycles. The predicted molar refractivity (Wildman–Crippen MR) is 125 cm³/mol. The van der Waals surface area contributed by atoms with E-state index in [0.717, 1.165) is 12.2 Å². The Morgan fingerprint density at radius 3 is 1.51 bits per heavy atom. The predicted octanol–water partition coefficient (Wildman–Crippen LogP) is 1.03. The number of aliphatic hydroxyl groups is 2. The fraction of sp³-hybridized carbons (Fsp3) is 0.240. The van der Waals surface area contributed by atoms with E-state index in [9.17, 15) is 50.1 Å². The van der Waals surface area contributed by atoms with E-state index < -0.39 is 66.2 Å². The summed E-state index contributed by atoms with van der Waals surface area (Å²) in [4.78, 5) is 36.2. The second-order valence-electron chi connectivity index (χ2n) is 8.35. The van der Waals surface area contributed by atoms with Crippen molar-refractivity contribution in [2.75, 3.05) is 0 Å². The van der Waals surface area contributed by atoms with Crippen LogP contribution in [-0.2, 0) is 23.9 Å². The van der Waals surface area contributed by atoms with Crippen LogP contribution in [0.25, 0.3) is 12.2 Å². The normalized spacial score (nSPS) is 23.7. The Morgan fingerprint density at radius 2 is 1.16 bits per heavy atom. The maximum atomic E-state index is 12.3. The molecule has 0 radical (unpaired) electrons. The van der Waals surface area contributed by atoms with Crippen molar-refractivity contribution >= 4 is 30.1 Å². The first-order valence-corrected chi connectivity index (χ1v) is 10.8. The van der Waals surface area contributed by atoms with Crippen molar-refractivity contribution in [2.45, 2.75) is 36.8 Å². The van der Waals surface area contributed by atoms with Crippen molar-refractivity contribution < 1.29 is 59.6 Å². The summed E-state index contributed by atoms with van der Waals surface area (Å²) in [6.07, 6.45) is -1.86. The van der Waals surface area contributed by atoms with Gasteiger partial charge in [-0.15, -0.1) is 0 Å². The van der Waals surface area contributed by atoms with Crippen LogP contribution in [0.3, 0.4) is 0 Å². The molecular weight excluding hydrogens is 492 g/mol. The molecule has 1 aliphatic rings. The maximum Gasteiger partial charge on any atom is 0.335 e. The van der Waals surface area contributed by atoms with E-state index in [0.29, 0.717) is 11.1 Å². The van der Waals surface area contributed by atoms with Gasteiger partial charge >= 0.3 is 17.9 Å². The third-order valence-electron chi connectivity index (χ3n) is 5.60. The highest BCUT2D eigenvalue weighted by Crippen LogP contribution is 2.33. The third kappa shape index (κ3) is 6.78. The van der Waals surface area contributed by atoms with Crippen LogP contribution in [-0.4, -0.2) is 77.6 Å². The standard InChI is InChI=1S/C25H24O12/c26-15-5-1-13(9-17(15)28)3-7-21(30)36-19-11-25(35,24(33)34)12-20(23(19)32)37-22(31)8-4-14-2-6-16(27)18(29)10-14/h1-10,19-20,23,26-29,32,35H,11-12H2,(H,33,34)/t19-,20-,23-,25+/m1/s1. The van der Waals surface area contributed by atoms with E-state index in [-0.39, 0.29) is 11.5 Å². The molecule has 2 atom stereocenters. The van der Waals surface area contributed by atoms with Gasteiger partial charge in [0.15, 0.2) is 28.6 Å². The van der Waals surface area contributed by atoms with Crippen molar-refractivity contribution in [1.29, 1.82) is 0 Å². The summed E-state index contributed by atoms with van der Waals surface area (Å²) in [5, 5.41) is 68.3. The summed E-state index contributed by atoms with van der Waals surface area (Å²) in [7, 11) is 0. The number of hydrogen-bond donors (Lipinski definition) is 7. The van der Waals surface area contributed by atoms with Gasteiger partial charge in [-0.3, -0.25) is 0 Å². The maximum absolute atomic E-state index is 12.3. The second-order valence-corrected chi connectivity index (χ2v) is 8.35. The molecule has 1 saturated carbocycles. The Balaban J connectivity index is 1.71. The minimum absolute atomic E-state index is 0.319. The lowest BCUT2D eigenvalue weighted by molar-refractivity contribution is -0.203. The number of carboxylic acids is 1. The quantitative estimate of drug-likeness (QED) is 0.156. The zero-order valence-corrected chi connectivity index (χ0v) is 19.1. The van der Waals surface area contributed by atoms with Crippen LogP contribution < -0.4 is 0 Å². The number of hydrogen-bond acceptors (Lipinski definition) is 11. The molecule has 0 amide bonds. The molecule has 0 saturated heterocycles. The SMILES string of the molecule is O=C(C=Cc1ccc(O)c(O)c1)O[C@@H]1C[C@](O)(C(=O)O)C[C@@H](OC(=O)C=Cc2ccc(O)c(O)c2)[C@H]1O. The molecule has 1 fully saturated rings. The molecule has 0 spiro atoms. The Hall–Kier alpha value is -4.55. The molecule has 196 valence electrons. The molecule has 0 heterocycles. The van der Waals surface area contributed by atoms with Gasteiger partial charge in [-0.25, -0.2) is 14.4 Å². The van der Waals surface area contributed by atoms with Crippen LogP contribution in [0.15, 0.2) is 48.6 Å². The van der Waals surface area contributed by atoms with Gasteiger partial charge in [0.1, 0.15) is 18.3 Å². The van der Waals surface area contributed by atoms with Crippen LogP contribution in [0.4, 0.5) is 0 Å². The van der Waals surface area contributed by atoms with Gasteiger partial charge in [0.25, 0.3) is 0 Å². The number of phenols is 4. The molecule has 0 aliphatic heterocycles. The molecule has 2 aromatic rings. The number of aliphatic hydroxyl groups excluding tert-OH is 1. The number of aromatic hydroxyl groups is 4. The van der Waals surface area contributed by atoms with Crippen molar-refractivity contribution in [3.63, 3.8) is 0 Å². The van der Waals surface area contributed by atoms with Crippen molar-refractivity contribution in [1.82, 2.24) is 0 Å². The Kier molecular flexibility index (Phi) is 8.05. The van der Waals surface area contributed by atoms with Crippen LogP contribution in [0.5, 0.6) is 23.0 Å². The first-order valence-electron chi connectivity index (χ1n) is 10.8. The largest absolute Gasteiger partial charge is 0.504 e.